The van der Waals surface area contributed by atoms with E-state index in [9.17, 15) is 14.4 Å². The van der Waals surface area contributed by atoms with Gasteiger partial charge >= 0.3 is 5.97 Å². The highest BCUT2D eigenvalue weighted by molar-refractivity contribution is 6.39. The van der Waals surface area contributed by atoms with Crippen molar-refractivity contribution in [2.24, 2.45) is 13.0 Å². The average Bonchev–Trinajstić information content (AvgIpc) is 3.04. The number of methoxy groups -OCH3 is 2. The number of pyridine rings is 1. The SMILES string of the molecule is COC(=O)C1CCN(Cc2ccc(-c3cccc(-c4cccc(NC(=O)c5ccnn(C)c5=O)c4Cl)c3Cl)nc2OC)CC1. The quantitative estimate of drug-likeness (QED) is 0.254. The summed E-state index contributed by atoms with van der Waals surface area (Å²) in [6, 6.07) is 16.0. The van der Waals surface area contributed by atoms with Gasteiger partial charge in [0.1, 0.15) is 5.56 Å². The molecule has 0 unspecified atom stereocenters. The first-order chi connectivity index (χ1) is 21.2. The molecule has 2 aromatic carbocycles. The summed E-state index contributed by atoms with van der Waals surface area (Å²) < 4.78 is 11.6. The number of anilines is 1. The standard InChI is InChI=1S/C32H31Cl2N5O5/c1-38-31(41)24(12-15-35-38)29(40)36-26-9-5-7-22(28(26)34)21-6-4-8-23(27(21)33)25-11-10-20(30(37-25)43-2)18-39-16-13-19(14-17-39)32(42)44-3/h4-12,15,19H,13-14,16-18H2,1-3H3,(H,36,40). The zero-order valence-electron chi connectivity index (χ0n) is 24.5. The summed E-state index contributed by atoms with van der Waals surface area (Å²) in [6.07, 6.45) is 2.88. The van der Waals surface area contributed by atoms with E-state index in [4.69, 9.17) is 37.7 Å². The number of hydrogen-bond acceptors (Lipinski definition) is 8. The monoisotopic (exact) mass is 635 g/mol. The van der Waals surface area contributed by atoms with Crippen LogP contribution in [-0.2, 0) is 23.1 Å². The van der Waals surface area contributed by atoms with Crippen LogP contribution < -0.4 is 15.6 Å². The molecule has 3 heterocycles. The predicted molar refractivity (Wildman–Crippen MR) is 169 cm³/mol. The molecule has 10 nitrogen and oxygen atoms in total. The molecule has 0 radical (unpaired) electrons. The number of amides is 1. The van der Waals surface area contributed by atoms with Gasteiger partial charge in [0.25, 0.3) is 11.5 Å². The van der Waals surface area contributed by atoms with Crippen molar-refractivity contribution in [3.05, 3.63) is 92.3 Å². The molecule has 44 heavy (non-hydrogen) atoms. The number of nitrogens with zero attached hydrogens (tertiary/aromatic N) is 4. The summed E-state index contributed by atoms with van der Waals surface area (Å²) in [5, 5.41) is 7.27. The first-order valence-corrected chi connectivity index (χ1v) is 14.7. The molecule has 1 saturated heterocycles. The van der Waals surface area contributed by atoms with E-state index < -0.39 is 11.5 Å². The highest BCUT2D eigenvalue weighted by Gasteiger charge is 2.26. The average molecular weight is 637 g/mol. The predicted octanol–water partition coefficient (Wildman–Crippen LogP) is 5.46. The number of halogens is 2. The lowest BCUT2D eigenvalue weighted by Crippen LogP contribution is -2.36. The topological polar surface area (TPSA) is 116 Å². The van der Waals surface area contributed by atoms with E-state index >= 15 is 0 Å². The molecule has 0 saturated carbocycles. The van der Waals surface area contributed by atoms with Crippen LogP contribution in [0.4, 0.5) is 5.69 Å². The zero-order chi connectivity index (χ0) is 31.4. The first kappa shape index (κ1) is 31.2. The second kappa shape index (κ2) is 13.6. The number of piperidine rings is 1. The lowest BCUT2D eigenvalue weighted by atomic mass is 9.96. The minimum atomic E-state index is -0.601. The molecule has 4 aromatic rings. The van der Waals surface area contributed by atoms with Gasteiger partial charge in [-0.3, -0.25) is 19.3 Å². The third-order valence-corrected chi connectivity index (χ3v) is 8.52. The van der Waals surface area contributed by atoms with Gasteiger partial charge in [-0.1, -0.05) is 59.6 Å². The van der Waals surface area contributed by atoms with Crippen LogP contribution in [0.3, 0.4) is 0 Å². The largest absolute Gasteiger partial charge is 0.481 e. The Kier molecular flexibility index (Phi) is 9.63. The number of ether oxygens (including phenoxy) is 2. The molecule has 1 aliphatic rings. The Morgan fingerprint density at radius 3 is 2.34 bits per heavy atom. The van der Waals surface area contributed by atoms with Crippen LogP contribution in [0.25, 0.3) is 22.4 Å². The molecule has 2 aromatic heterocycles. The van der Waals surface area contributed by atoms with Gasteiger partial charge in [-0.05, 0) is 44.1 Å². The molecule has 0 bridgehead atoms. The number of benzene rings is 2. The van der Waals surface area contributed by atoms with Gasteiger partial charge in [-0.15, -0.1) is 0 Å². The molecule has 5 rings (SSSR count). The molecular formula is C32H31Cl2N5O5. The summed E-state index contributed by atoms with van der Waals surface area (Å²) in [6.45, 7) is 2.19. The summed E-state index contributed by atoms with van der Waals surface area (Å²) >= 11 is 13.7. The smallest absolute Gasteiger partial charge is 0.308 e. The van der Waals surface area contributed by atoms with Gasteiger partial charge in [-0.25, -0.2) is 9.67 Å². The van der Waals surface area contributed by atoms with Crippen molar-refractivity contribution >= 4 is 40.8 Å². The third kappa shape index (κ3) is 6.47. The minimum absolute atomic E-state index is 0.0573. The van der Waals surface area contributed by atoms with E-state index in [0.29, 0.717) is 45.5 Å². The Balaban J connectivity index is 1.38. The highest BCUT2D eigenvalue weighted by Crippen LogP contribution is 2.41. The van der Waals surface area contributed by atoms with E-state index in [1.165, 1.54) is 26.4 Å². The van der Waals surface area contributed by atoms with Crippen LogP contribution in [-0.4, -0.2) is 58.8 Å². The number of nitrogens with one attached hydrogen (secondary N) is 1. The van der Waals surface area contributed by atoms with Gasteiger partial charge in [0.05, 0.1) is 41.6 Å². The van der Waals surface area contributed by atoms with Gasteiger partial charge < -0.3 is 14.8 Å². The van der Waals surface area contributed by atoms with Crippen molar-refractivity contribution in [2.45, 2.75) is 19.4 Å². The molecule has 0 atom stereocenters. The van der Waals surface area contributed by atoms with Crippen LogP contribution in [0.5, 0.6) is 5.88 Å². The van der Waals surface area contributed by atoms with E-state index in [1.54, 1.807) is 25.3 Å². The maximum absolute atomic E-state index is 12.9. The van der Waals surface area contributed by atoms with Gasteiger partial charge in [0, 0.05) is 42.0 Å². The number of aromatic nitrogens is 3. The first-order valence-electron chi connectivity index (χ1n) is 14.0. The Morgan fingerprint density at radius 2 is 1.64 bits per heavy atom. The van der Waals surface area contributed by atoms with Crippen molar-refractivity contribution in [1.29, 1.82) is 0 Å². The van der Waals surface area contributed by atoms with Crippen molar-refractivity contribution in [1.82, 2.24) is 19.7 Å². The lowest BCUT2D eigenvalue weighted by molar-refractivity contribution is -0.147. The molecule has 1 amide bonds. The fourth-order valence-electron chi connectivity index (χ4n) is 5.29. The van der Waals surface area contributed by atoms with Gasteiger partial charge in [0.2, 0.25) is 5.88 Å². The zero-order valence-corrected chi connectivity index (χ0v) is 26.0. The Hall–Kier alpha value is -4.25. The summed E-state index contributed by atoms with van der Waals surface area (Å²) in [4.78, 5) is 44.2. The second-order valence-electron chi connectivity index (χ2n) is 10.4. The Bertz CT molecular complexity index is 1770. The summed E-state index contributed by atoms with van der Waals surface area (Å²) in [7, 11) is 4.48. The van der Waals surface area contributed by atoms with E-state index in [0.717, 1.165) is 36.2 Å². The maximum atomic E-state index is 12.9. The molecular weight excluding hydrogens is 605 g/mol. The fourth-order valence-corrected chi connectivity index (χ4v) is 5.89. The molecule has 1 fully saturated rings. The number of aryl methyl sites for hydroxylation is 1. The summed E-state index contributed by atoms with van der Waals surface area (Å²) in [5.41, 5.74) is 3.21. The number of carbonyl (C=O) groups is 2. The van der Waals surface area contributed by atoms with Crippen LogP contribution in [0.2, 0.25) is 10.0 Å². The highest BCUT2D eigenvalue weighted by atomic mass is 35.5. The fraction of sp³-hybridized carbons (Fsp3) is 0.281. The van der Waals surface area contributed by atoms with Crippen LogP contribution >= 0.6 is 23.2 Å². The Labute approximate surface area is 264 Å². The van der Waals surface area contributed by atoms with E-state index in [-0.39, 0.29) is 22.5 Å². The minimum Gasteiger partial charge on any atom is -0.481 e. The van der Waals surface area contributed by atoms with Crippen LogP contribution in [0.15, 0.2) is 65.6 Å². The van der Waals surface area contributed by atoms with Crippen LogP contribution in [0, 0.1) is 5.92 Å². The molecule has 1 N–H and O–H groups in total. The maximum Gasteiger partial charge on any atom is 0.308 e. The number of esters is 1. The van der Waals surface area contributed by atoms with Crippen LogP contribution in [0.1, 0.15) is 28.8 Å². The van der Waals surface area contributed by atoms with E-state index in [1.807, 2.05) is 30.3 Å². The lowest BCUT2D eigenvalue weighted by Gasteiger charge is -2.30. The van der Waals surface area contributed by atoms with E-state index in [2.05, 4.69) is 15.3 Å². The number of hydrogen-bond donors (Lipinski definition) is 1. The second-order valence-corrected chi connectivity index (χ2v) is 11.2. The van der Waals surface area contributed by atoms with Gasteiger partial charge in [-0.2, -0.15) is 5.10 Å². The van der Waals surface area contributed by atoms with Crippen molar-refractivity contribution in [3.8, 4) is 28.3 Å². The number of likely N-dealkylation sites (tertiary alicyclic amines) is 1. The van der Waals surface area contributed by atoms with Crippen molar-refractivity contribution in [2.75, 3.05) is 32.6 Å². The van der Waals surface area contributed by atoms with Crippen molar-refractivity contribution in [3.63, 3.8) is 0 Å². The Morgan fingerprint density at radius 1 is 0.955 bits per heavy atom. The molecule has 0 spiro atoms. The van der Waals surface area contributed by atoms with Crippen molar-refractivity contribution < 1.29 is 19.1 Å². The molecule has 228 valence electrons. The number of carbonyl (C=O) groups excluding carboxylic acids is 2. The molecule has 0 aliphatic carbocycles. The summed E-state index contributed by atoms with van der Waals surface area (Å²) in [5.74, 6) is -0.323. The third-order valence-electron chi connectivity index (χ3n) is 7.71. The number of rotatable bonds is 8. The van der Waals surface area contributed by atoms with Gasteiger partial charge in [0.15, 0.2) is 0 Å². The normalized spacial score (nSPS) is 13.8. The molecule has 1 aliphatic heterocycles. The molecule has 12 heteroatoms.